The van der Waals surface area contributed by atoms with Crippen LogP contribution in [0.15, 0.2) is 24.3 Å². The molecule has 3 saturated heterocycles. The zero-order chi connectivity index (χ0) is 26.0. The van der Waals surface area contributed by atoms with Crippen LogP contribution in [0.5, 0.6) is 0 Å². The van der Waals surface area contributed by atoms with E-state index in [-0.39, 0.29) is 23.3 Å². The van der Waals surface area contributed by atoms with E-state index in [1.165, 1.54) is 12.8 Å². The van der Waals surface area contributed by atoms with E-state index in [0.717, 1.165) is 50.1 Å². The number of carboxylic acids is 1. The predicted molar refractivity (Wildman–Crippen MR) is 124 cm³/mol. The number of aryl methyl sites for hydroxylation is 1. The predicted octanol–water partition coefficient (Wildman–Crippen LogP) is 3.47. The van der Waals surface area contributed by atoms with Crippen LogP contribution in [0.4, 0.5) is 13.2 Å². The second kappa shape index (κ2) is 10.6. The standard InChI is InChI=1S/C23H33N3O2.C2HF3O2/c1-4-5-17(3)26-14-19-20(15-26)23(24-21(19)27)10-12-25(13-11-23)22(28)18-8-6-16(2)7-9-18;3-2(4,5)1(6)7/h6-9,17,19-20H,4-5,10-15H2,1-3H3,(H,24,27);(H,6,7)/t17?,19-,20+;/m1./s1. The summed E-state index contributed by atoms with van der Waals surface area (Å²) in [6, 6.07) is 8.36. The van der Waals surface area contributed by atoms with Gasteiger partial charge in [-0.2, -0.15) is 13.2 Å². The van der Waals surface area contributed by atoms with Crippen molar-refractivity contribution in [3.63, 3.8) is 0 Å². The van der Waals surface area contributed by atoms with Crippen molar-refractivity contribution in [1.29, 1.82) is 0 Å². The second-order valence-corrected chi connectivity index (χ2v) is 9.91. The summed E-state index contributed by atoms with van der Waals surface area (Å²) in [6.07, 6.45) is -0.978. The van der Waals surface area contributed by atoms with Crippen LogP contribution >= 0.6 is 0 Å². The Hall–Kier alpha value is -2.62. The SMILES string of the molecule is CCCC(C)N1C[C@H]2C(=O)NC3(CCN(C(=O)c4ccc(C)cc4)CC3)[C@H]2C1.O=C(O)C(F)(F)F. The smallest absolute Gasteiger partial charge is 0.475 e. The first-order valence-electron chi connectivity index (χ1n) is 12.1. The molecule has 0 aliphatic carbocycles. The largest absolute Gasteiger partial charge is 0.490 e. The van der Waals surface area contributed by atoms with Crippen molar-refractivity contribution >= 4 is 17.8 Å². The molecule has 7 nitrogen and oxygen atoms in total. The number of piperidine rings is 1. The highest BCUT2D eigenvalue weighted by Gasteiger charge is 2.57. The topological polar surface area (TPSA) is 90.0 Å². The van der Waals surface area contributed by atoms with Crippen molar-refractivity contribution in [3.8, 4) is 0 Å². The van der Waals surface area contributed by atoms with Gasteiger partial charge in [0.1, 0.15) is 0 Å². The van der Waals surface area contributed by atoms with Gasteiger partial charge < -0.3 is 15.3 Å². The lowest BCUT2D eigenvalue weighted by Crippen LogP contribution is -2.56. The molecule has 1 unspecified atom stereocenters. The van der Waals surface area contributed by atoms with Crippen LogP contribution in [0.3, 0.4) is 0 Å². The number of hydrogen-bond acceptors (Lipinski definition) is 4. The third-order valence-corrected chi connectivity index (χ3v) is 7.58. The lowest BCUT2D eigenvalue weighted by atomic mass is 9.75. The molecule has 3 atom stereocenters. The van der Waals surface area contributed by atoms with Crippen molar-refractivity contribution in [2.24, 2.45) is 11.8 Å². The van der Waals surface area contributed by atoms with E-state index in [0.29, 0.717) is 12.0 Å². The molecule has 3 aliphatic heterocycles. The summed E-state index contributed by atoms with van der Waals surface area (Å²) in [7, 11) is 0. The van der Waals surface area contributed by atoms with Crippen molar-refractivity contribution in [2.45, 2.75) is 64.2 Å². The van der Waals surface area contributed by atoms with Gasteiger partial charge in [0.25, 0.3) is 5.91 Å². The molecular formula is C25H34F3N3O4. The molecule has 1 aromatic rings. The summed E-state index contributed by atoms with van der Waals surface area (Å²) < 4.78 is 31.7. The molecule has 35 heavy (non-hydrogen) atoms. The highest BCUT2D eigenvalue weighted by atomic mass is 19.4. The first-order chi connectivity index (χ1) is 16.4. The number of halogens is 3. The minimum absolute atomic E-state index is 0.111. The van der Waals surface area contributed by atoms with Gasteiger partial charge in [0, 0.05) is 49.2 Å². The molecule has 0 radical (unpaired) electrons. The normalized spacial score (nSPS) is 24.4. The van der Waals surface area contributed by atoms with Crippen molar-refractivity contribution in [2.75, 3.05) is 26.2 Å². The minimum Gasteiger partial charge on any atom is -0.475 e. The Morgan fingerprint density at radius 1 is 1.17 bits per heavy atom. The van der Waals surface area contributed by atoms with Gasteiger partial charge in [-0.05, 0) is 45.2 Å². The average Bonchev–Trinajstić information content (AvgIpc) is 3.35. The molecule has 10 heteroatoms. The van der Waals surface area contributed by atoms with Crippen LogP contribution in [0.25, 0.3) is 0 Å². The number of likely N-dealkylation sites (tertiary alicyclic amines) is 2. The lowest BCUT2D eigenvalue weighted by molar-refractivity contribution is -0.192. The summed E-state index contributed by atoms with van der Waals surface area (Å²) in [4.78, 5) is 38.9. The first-order valence-corrected chi connectivity index (χ1v) is 12.1. The molecule has 3 aliphatic rings. The van der Waals surface area contributed by atoms with Gasteiger partial charge in [0.05, 0.1) is 5.92 Å². The number of aliphatic carboxylic acids is 1. The number of amides is 2. The molecule has 1 aromatic carbocycles. The number of carbonyl (C=O) groups is 3. The Kier molecular flexibility index (Phi) is 8.14. The van der Waals surface area contributed by atoms with Gasteiger partial charge in [0.15, 0.2) is 0 Å². The molecule has 0 saturated carbocycles. The van der Waals surface area contributed by atoms with Crippen LogP contribution in [0, 0.1) is 18.8 Å². The van der Waals surface area contributed by atoms with Crippen LogP contribution < -0.4 is 5.32 Å². The van der Waals surface area contributed by atoms with E-state index >= 15 is 0 Å². The third kappa shape index (κ3) is 5.97. The highest BCUT2D eigenvalue weighted by Crippen LogP contribution is 2.44. The van der Waals surface area contributed by atoms with Crippen LogP contribution in [0.1, 0.15) is 55.5 Å². The lowest BCUT2D eigenvalue weighted by Gasteiger charge is -2.43. The molecule has 2 amide bonds. The monoisotopic (exact) mass is 497 g/mol. The van der Waals surface area contributed by atoms with Crippen LogP contribution in [-0.2, 0) is 9.59 Å². The van der Waals surface area contributed by atoms with Gasteiger partial charge >= 0.3 is 12.1 Å². The Morgan fingerprint density at radius 2 is 1.74 bits per heavy atom. The van der Waals surface area contributed by atoms with Gasteiger partial charge in [-0.3, -0.25) is 14.5 Å². The molecule has 0 aromatic heterocycles. The van der Waals surface area contributed by atoms with E-state index in [1.807, 2.05) is 36.1 Å². The van der Waals surface area contributed by atoms with Crippen molar-refractivity contribution < 1.29 is 32.7 Å². The number of carbonyl (C=O) groups excluding carboxylic acids is 2. The van der Waals surface area contributed by atoms with Crippen molar-refractivity contribution in [1.82, 2.24) is 15.1 Å². The van der Waals surface area contributed by atoms with E-state index < -0.39 is 12.1 Å². The molecule has 1 spiro atoms. The number of nitrogens with one attached hydrogen (secondary N) is 1. The second-order valence-electron chi connectivity index (χ2n) is 9.91. The van der Waals surface area contributed by atoms with Crippen LogP contribution in [0.2, 0.25) is 0 Å². The summed E-state index contributed by atoms with van der Waals surface area (Å²) in [5.41, 5.74) is 1.80. The zero-order valence-corrected chi connectivity index (χ0v) is 20.4. The molecule has 194 valence electrons. The summed E-state index contributed by atoms with van der Waals surface area (Å²) >= 11 is 0. The maximum absolute atomic E-state index is 12.9. The molecule has 3 heterocycles. The fourth-order valence-electron chi connectivity index (χ4n) is 5.53. The number of rotatable bonds is 4. The van der Waals surface area contributed by atoms with Gasteiger partial charge in [-0.15, -0.1) is 0 Å². The maximum Gasteiger partial charge on any atom is 0.490 e. The van der Waals surface area contributed by atoms with Gasteiger partial charge in [-0.1, -0.05) is 31.0 Å². The Morgan fingerprint density at radius 3 is 2.26 bits per heavy atom. The summed E-state index contributed by atoms with van der Waals surface area (Å²) in [5.74, 6) is -1.91. The fourth-order valence-corrected chi connectivity index (χ4v) is 5.53. The number of fused-ring (bicyclic) bond motifs is 2. The fraction of sp³-hybridized carbons (Fsp3) is 0.640. The van der Waals surface area contributed by atoms with E-state index in [4.69, 9.17) is 9.90 Å². The Labute approximate surface area is 203 Å². The number of carboxylic acid groups (broad SMARTS) is 1. The molecule has 2 N–H and O–H groups in total. The van der Waals surface area contributed by atoms with E-state index in [9.17, 15) is 22.8 Å². The molecule has 3 fully saturated rings. The maximum atomic E-state index is 12.9. The molecular weight excluding hydrogens is 463 g/mol. The number of benzene rings is 1. The summed E-state index contributed by atoms with van der Waals surface area (Å²) in [6.45, 7) is 9.90. The van der Waals surface area contributed by atoms with Crippen molar-refractivity contribution in [3.05, 3.63) is 35.4 Å². The van der Waals surface area contributed by atoms with E-state index in [2.05, 4.69) is 24.1 Å². The zero-order valence-electron chi connectivity index (χ0n) is 20.4. The molecule has 4 rings (SSSR count). The van der Waals surface area contributed by atoms with E-state index in [1.54, 1.807) is 0 Å². The highest BCUT2D eigenvalue weighted by molar-refractivity contribution is 5.94. The minimum atomic E-state index is -5.08. The number of hydrogen-bond donors (Lipinski definition) is 2. The Balaban J connectivity index is 0.000000429. The Bertz CT molecular complexity index is 927. The summed E-state index contributed by atoms with van der Waals surface area (Å²) in [5, 5.41) is 10.5. The molecule has 0 bridgehead atoms. The van der Waals surface area contributed by atoms with Gasteiger partial charge in [0.2, 0.25) is 5.91 Å². The third-order valence-electron chi connectivity index (χ3n) is 7.58. The quantitative estimate of drug-likeness (QED) is 0.665. The van der Waals surface area contributed by atoms with Crippen LogP contribution in [-0.4, -0.2) is 76.6 Å². The average molecular weight is 498 g/mol. The number of alkyl halides is 3. The number of nitrogens with zero attached hydrogens (tertiary/aromatic N) is 2. The first kappa shape index (κ1) is 27.0. The van der Waals surface area contributed by atoms with Gasteiger partial charge in [-0.25, -0.2) is 4.79 Å².